The third kappa shape index (κ3) is 5.00. The Morgan fingerprint density at radius 2 is 1.84 bits per heavy atom. The summed E-state index contributed by atoms with van der Waals surface area (Å²) in [5, 5.41) is 10.9. The normalized spacial score (nSPS) is 14.7. The van der Waals surface area contributed by atoms with Gasteiger partial charge in [-0.1, -0.05) is 71.9 Å². The van der Waals surface area contributed by atoms with E-state index in [9.17, 15) is 4.79 Å². The van der Waals surface area contributed by atoms with Crippen LogP contribution in [0.25, 0.3) is 11.4 Å². The Kier molecular flexibility index (Phi) is 7.05. The SMILES string of the molecule is Cc1ccc(C)c(C(=O)CSc2nnc(-c3ccc(Cl)cc3Cl)n2C2CCCCC2)c1. The molecule has 4 rings (SSSR count). The number of halogens is 2. The number of carbonyl (C=O) groups excluding carboxylic acids is 1. The highest BCUT2D eigenvalue weighted by molar-refractivity contribution is 7.99. The quantitative estimate of drug-likeness (QED) is 0.277. The maximum atomic E-state index is 12.9. The number of hydrogen-bond donors (Lipinski definition) is 0. The number of hydrogen-bond acceptors (Lipinski definition) is 4. The summed E-state index contributed by atoms with van der Waals surface area (Å²) in [4.78, 5) is 12.9. The zero-order valence-corrected chi connectivity index (χ0v) is 20.0. The summed E-state index contributed by atoms with van der Waals surface area (Å²) in [5.74, 6) is 1.18. The van der Waals surface area contributed by atoms with E-state index in [0.29, 0.717) is 21.8 Å². The van der Waals surface area contributed by atoms with Crippen molar-refractivity contribution in [2.24, 2.45) is 0 Å². The predicted octanol–water partition coefficient (Wildman–Crippen LogP) is 7.35. The third-order valence-electron chi connectivity index (χ3n) is 5.80. The molecule has 0 unspecified atom stereocenters. The molecule has 1 heterocycles. The number of rotatable bonds is 6. The smallest absolute Gasteiger partial charge is 0.192 e. The van der Waals surface area contributed by atoms with Crippen LogP contribution in [0.4, 0.5) is 0 Å². The molecule has 31 heavy (non-hydrogen) atoms. The van der Waals surface area contributed by atoms with Gasteiger partial charge in [-0.05, 0) is 56.5 Å². The summed E-state index contributed by atoms with van der Waals surface area (Å²) in [6.07, 6.45) is 5.77. The van der Waals surface area contributed by atoms with Gasteiger partial charge in [0.05, 0.1) is 10.8 Å². The average Bonchev–Trinajstić information content (AvgIpc) is 3.18. The van der Waals surface area contributed by atoms with Crippen molar-refractivity contribution in [1.29, 1.82) is 0 Å². The molecule has 7 heteroatoms. The molecular formula is C24H25Cl2N3OS. The van der Waals surface area contributed by atoms with Gasteiger partial charge in [0.1, 0.15) is 0 Å². The lowest BCUT2D eigenvalue weighted by Crippen LogP contribution is -2.16. The number of aryl methyl sites for hydroxylation is 2. The van der Waals surface area contributed by atoms with Crippen LogP contribution >= 0.6 is 35.0 Å². The Labute approximate surface area is 197 Å². The highest BCUT2D eigenvalue weighted by Gasteiger charge is 2.25. The van der Waals surface area contributed by atoms with Crippen LogP contribution in [0.15, 0.2) is 41.6 Å². The molecule has 0 aliphatic heterocycles. The minimum atomic E-state index is 0.107. The molecule has 1 aromatic heterocycles. The first kappa shape index (κ1) is 22.4. The van der Waals surface area contributed by atoms with Crippen LogP contribution in [0.5, 0.6) is 0 Å². The van der Waals surface area contributed by atoms with Gasteiger partial charge >= 0.3 is 0 Å². The molecule has 162 valence electrons. The number of Topliss-reactive ketones (excluding diaryl/α,β-unsaturated/α-hetero) is 1. The first-order chi connectivity index (χ1) is 14.9. The van der Waals surface area contributed by atoms with Gasteiger partial charge < -0.3 is 0 Å². The first-order valence-electron chi connectivity index (χ1n) is 10.6. The number of benzene rings is 2. The highest BCUT2D eigenvalue weighted by atomic mass is 35.5. The summed E-state index contributed by atoms with van der Waals surface area (Å²) in [6, 6.07) is 11.7. The fourth-order valence-electron chi connectivity index (χ4n) is 4.14. The second-order valence-corrected chi connectivity index (χ2v) is 9.91. The van der Waals surface area contributed by atoms with Crippen LogP contribution in [0.2, 0.25) is 10.0 Å². The zero-order chi connectivity index (χ0) is 22.0. The van der Waals surface area contributed by atoms with Gasteiger partial charge in [-0.15, -0.1) is 10.2 Å². The molecule has 1 fully saturated rings. The fraction of sp³-hybridized carbons (Fsp3) is 0.375. The van der Waals surface area contributed by atoms with E-state index in [4.69, 9.17) is 23.2 Å². The van der Waals surface area contributed by atoms with Crippen molar-refractivity contribution in [2.75, 3.05) is 5.75 Å². The van der Waals surface area contributed by atoms with E-state index in [2.05, 4.69) is 14.8 Å². The molecule has 1 aliphatic carbocycles. The Bertz CT molecular complexity index is 1110. The molecule has 1 aliphatic rings. The van der Waals surface area contributed by atoms with Crippen LogP contribution in [0, 0.1) is 13.8 Å². The molecule has 2 aromatic carbocycles. The van der Waals surface area contributed by atoms with Gasteiger partial charge in [-0.2, -0.15) is 0 Å². The third-order valence-corrected chi connectivity index (χ3v) is 7.29. The summed E-state index contributed by atoms with van der Waals surface area (Å²) < 4.78 is 2.19. The van der Waals surface area contributed by atoms with Gasteiger partial charge in [-0.3, -0.25) is 9.36 Å². The van der Waals surface area contributed by atoms with E-state index >= 15 is 0 Å². The maximum absolute atomic E-state index is 12.9. The molecule has 0 saturated heterocycles. The van der Waals surface area contributed by atoms with Crippen LogP contribution in [-0.2, 0) is 0 Å². The van der Waals surface area contributed by atoms with Gasteiger partial charge in [0.2, 0.25) is 0 Å². The Morgan fingerprint density at radius 3 is 2.58 bits per heavy atom. The number of carbonyl (C=O) groups is 1. The molecule has 0 bridgehead atoms. The van der Waals surface area contributed by atoms with E-state index < -0.39 is 0 Å². The maximum Gasteiger partial charge on any atom is 0.192 e. The fourth-order valence-corrected chi connectivity index (χ4v) is 5.52. The lowest BCUT2D eigenvalue weighted by molar-refractivity contribution is 0.102. The van der Waals surface area contributed by atoms with E-state index in [-0.39, 0.29) is 5.78 Å². The lowest BCUT2D eigenvalue weighted by Gasteiger charge is -2.25. The monoisotopic (exact) mass is 473 g/mol. The van der Waals surface area contributed by atoms with Crippen LogP contribution in [0.1, 0.15) is 59.6 Å². The molecule has 3 aromatic rings. The van der Waals surface area contributed by atoms with E-state index in [1.807, 2.05) is 44.2 Å². The lowest BCUT2D eigenvalue weighted by atomic mass is 9.95. The van der Waals surface area contributed by atoms with Gasteiger partial charge in [-0.25, -0.2) is 0 Å². The second kappa shape index (κ2) is 9.76. The Hall–Kier alpha value is -1.82. The van der Waals surface area contributed by atoms with Crippen LogP contribution in [0.3, 0.4) is 0 Å². The van der Waals surface area contributed by atoms with E-state index in [1.54, 1.807) is 6.07 Å². The van der Waals surface area contributed by atoms with Gasteiger partial charge in [0.15, 0.2) is 16.8 Å². The van der Waals surface area contributed by atoms with Crippen molar-refractivity contribution in [3.63, 3.8) is 0 Å². The minimum Gasteiger partial charge on any atom is -0.299 e. The summed E-state index contributed by atoms with van der Waals surface area (Å²) in [7, 11) is 0. The van der Waals surface area contributed by atoms with Crippen molar-refractivity contribution in [3.8, 4) is 11.4 Å². The van der Waals surface area contributed by atoms with Crippen molar-refractivity contribution in [2.45, 2.75) is 57.1 Å². The summed E-state index contributed by atoms with van der Waals surface area (Å²) >= 11 is 14.0. The predicted molar refractivity (Wildman–Crippen MR) is 129 cm³/mol. The molecular weight excluding hydrogens is 449 g/mol. The highest BCUT2D eigenvalue weighted by Crippen LogP contribution is 2.38. The van der Waals surface area contributed by atoms with Crippen molar-refractivity contribution in [1.82, 2.24) is 14.8 Å². The first-order valence-corrected chi connectivity index (χ1v) is 12.3. The molecule has 1 saturated carbocycles. The number of nitrogens with zero attached hydrogens (tertiary/aromatic N) is 3. The Morgan fingerprint density at radius 1 is 1.06 bits per heavy atom. The molecule has 4 nitrogen and oxygen atoms in total. The summed E-state index contributed by atoms with van der Waals surface area (Å²) in [6.45, 7) is 3.98. The Balaban J connectivity index is 1.65. The molecule has 0 radical (unpaired) electrons. The number of ketones is 1. The largest absolute Gasteiger partial charge is 0.299 e. The van der Waals surface area contributed by atoms with Gasteiger partial charge in [0, 0.05) is 22.2 Å². The van der Waals surface area contributed by atoms with Crippen LogP contribution in [-0.4, -0.2) is 26.3 Å². The number of aromatic nitrogens is 3. The number of thioether (sulfide) groups is 1. The second-order valence-electron chi connectivity index (χ2n) is 8.12. The van der Waals surface area contributed by atoms with Crippen molar-refractivity contribution in [3.05, 3.63) is 63.1 Å². The molecule has 0 amide bonds. The average molecular weight is 474 g/mol. The minimum absolute atomic E-state index is 0.107. The van der Waals surface area contributed by atoms with Gasteiger partial charge in [0.25, 0.3) is 0 Å². The van der Waals surface area contributed by atoms with E-state index in [0.717, 1.165) is 46.1 Å². The molecule has 0 N–H and O–H groups in total. The zero-order valence-electron chi connectivity index (χ0n) is 17.7. The molecule has 0 atom stereocenters. The standard InChI is InChI=1S/C24H25Cl2N3OS/c1-15-8-9-16(2)20(12-15)22(30)14-31-24-28-27-23(19-11-10-17(25)13-21(19)26)29(24)18-6-4-3-5-7-18/h8-13,18H,3-7,14H2,1-2H3. The molecule has 0 spiro atoms. The van der Waals surface area contributed by atoms with Crippen LogP contribution < -0.4 is 0 Å². The van der Waals surface area contributed by atoms with Crippen molar-refractivity contribution < 1.29 is 4.79 Å². The van der Waals surface area contributed by atoms with Crippen molar-refractivity contribution >= 4 is 40.7 Å². The topological polar surface area (TPSA) is 47.8 Å². The van der Waals surface area contributed by atoms with E-state index in [1.165, 1.54) is 31.0 Å². The summed E-state index contributed by atoms with van der Waals surface area (Å²) in [5.41, 5.74) is 3.68.